The molecule has 3 aromatic heterocycles. The number of pyridine rings is 2. The van der Waals surface area contributed by atoms with Gasteiger partial charge in [0.2, 0.25) is 0 Å². The monoisotopic (exact) mass is 436 g/mol. The molecule has 0 fully saturated rings. The van der Waals surface area contributed by atoms with Crippen LogP contribution >= 0.6 is 0 Å². The number of halogens is 3. The maximum Gasteiger partial charge on any atom is 0.255 e. The quantitative estimate of drug-likeness (QED) is 0.504. The maximum absolute atomic E-state index is 14.0. The van der Waals surface area contributed by atoms with Crippen LogP contribution in [-0.4, -0.2) is 14.4 Å². The maximum atomic E-state index is 14.0. The van der Waals surface area contributed by atoms with Gasteiger partial charge in [0.15, 0.2) is 0 Å². The Morgan fingerprint density at radius 3 is 2.50 bits per heavy atom. The predicted molar refractivity (Wildman–Crippen MR) is 112 cm³/mol. The Kier molecular flexibility index (Phi) is 5.24. The molecular formula is C22H15F3N6O. The highest BCUT2D eigenvalue weighted by atomic mass is 19.1. The molecular weight excluding hydrogens is 421 g/mol. The average molecular weight is 436 g/mol. The normalized spacial score (nSPS) is 11.8. The molecule has 3 heterocycles. The highest BCUT2D eigenvalue weighted by Crippen LogP contribution is 2.34. The number of rotatable bonds is 4. The number of benzene rings is 1. The van der Waals surface area contributed by atoms with Gasteiger partial charge in [-0.1, -0.05) is 0 Å². The minimum absolute atomic E-state index is 0.0114. The zero-order valence-corrected chi connectivity index (χ0v) is 16.6. The molecule has 3 N–H and O–H groups in total. The van der Waals surface area contributed by atoms with Crippen LogP contribution in [0.2, 0.25) is 0 Å². The van der Waals surface area contributed by atoms with E-state index >= 15 is 0 Å². The lowest BCUT2D eigenvalue weighted by Gasteiger charge is -2.21. The van der Waals surface area contributed by atoms with E-state index < -0.39 is 29.1 Å². The average Bonchev–Trinajstić information content (AvgIpc) is 2.73. The molecule has 0 radical (unpaired) electrons. The number of aromatic nitrogens is 3. The third-order valence-corrected chi connectivity index (χ3v) is 4.93. The lowest BCUT2D eigenvalue weighted by Crippen LogP contribution is -2.19. The van der Waals surface area contributed by atoms with Gasteiger partial charge in [0.05, 0.1) is 11.6 Å². The number of hydrogen-bond acceptors (Lipinski definition) is 6. The first kappa shape index (κ1) is 20.9. The molecule has 0 amide bonds. The molecule has 4 aromatic rings. The fourth-order valence-electron chi connectivity index (χ4n) is 3.54. The zero-order valence-electron chi connectivity index (χ0n) is 16.6. The van der Waals surface area contributed by atoms with Gasteiger partial charge in [0.25, 0.3) is 5.56 Å². The van der Waals surface area contributed by atoms with Crippen molar-refractivity contribution in [2.24, 2.45) is 0 Å². The number of anilines is 2. The molecule has 10 heteroatoms. The Bertz CT molecular complexity index is 1440. The molecule has 0 saturated heterocycles. The third-order valence-electron chi connectivity index (χ3n) is 4.93. The summed E-state index contributed by atoms with van der Waals surface area (Å²) in [6.45, 7) is 1.67. The highest BCUT2D eigenvalue weighted by molar-refractivity contribution is 5.84. The molecule has 0 spiro atoms. The van der Waals surface area contributed by atoms with Crippen LogP contribution in [0.5, 0.6) is 0 Å². The first-order valence-electron chi connectivity index (χ1n) is 9.37. The van der Waals surface area contributed by atoms with E-state index in [1.54, 1.807) is 6.92 Å². The number of nitrogens with two attached hydrogens (primary N) is 1. The Morgan fingerprint density at radius 2 is 1.81 bits per heavy atom. The van der Waals surface area contributed by atoms with Crippen LogP contribution in [-0.2, 0) is 0 Å². The Labute approximate surface area is 179 Å². The molecule has 0 unspecified atom stereocenters. The summed E-state index contributed by atoms with van der Waals surface area (Å²) in [5.74, 6) is -2.17. The van der Waals surface area contributed by atoms with E-state index in [4.69, 9.17) is 5.73 Å². The molecule has 1 atom stereocenters. The standard InChI is InChI=1S/C22H15F3N6O/c1-11(30-22-17(8-26)21(27)28-10-29-22)16-7-19(32)31-9-13(23)2-3-18(31)20(16)12-4-14(24)6-15(25)5-12/h2-7,9-11H,1H3,(H3,27,28,29,30)/t11-/m0/s1. The van der Waals surface area contributed by atoms with Gasteiger partial charge >= 0.3 is 0 Å². The number of hydrogen-bond donors (Lipinski definition) is 2. The van der Waals surface area contributed by atoms with E-state index in [-0.39, 0.29) is 28.3 Å². The van der Waals surface area contributed by atoms with Crippen molar-refractivity contribution in [3.05, 3.63) is 87.9 Å². The second-order valence-corrected chi connectivity index (χ2v) is 7.03. The Morgan fingerprint density at radius 1 is 1.09 bits per heavy atom. The van der Waals surface area contributed by atoms with Crippen LogP contribution in [0.1, 0.15) is 24.1 Å². The molecule has 1 aromatic carbocycles. The van der Waals surface area contributed by atoms with E-state index in [9.17, 15) is 23.2 Å². The first-order chi connectivity index (χ1) is 15.3. The predicted octanol–water partition coefficient (Wildman–Crippen LogP) is 3.80. The SMILES string of the molecule is C[C@H](Nc1ncnc(N)c1C#N)c1cc(=O)n2cc(F)ccc2c1-c1cc(F)cc(F)c1. The Hall–Kier alpha value is -4.39. The van der Waals surface area contributed by atoms with Crippen LogP contribution in [0.3, 0.4) is 0 Å². The van der Waals surface area contributed by atoms with E-state index in [2.05, 4.69) is 15.3 Å². The molecule has 0 bridgehead atoms. The van der Waals surface area contributed by atoms with Gasteiger partial charge in [0, 0.05) is 23.9 Å². The van der Waals surface area contributed by atoms with Crippen molar-refractivity contribution in [1.29, 1.82) is 5.26 Å². The third kappa shape index (κ3) is 3.72. The van der Waals surface area contributed by atoms with Gasteiger partial charge < -0.3 is 11.1 Å². The number of fused-ring (bicyclic) bond motifs is 1. The van der Waals surface area contributed by atoms with Gasteiger partial charge in [-0.3, -0.25) is 9.20 Å². The highest BCUT2D eigenvalue weighted by Gasteiger charge is 2.21. The second kappa shape index (κ2) is 8.03. The van der Waals surface area contributed by atoms with Gasteiger partial charge in [0.1, 0.15) is 47.0 Å². The smallest absolute Gasteiger partial charge is 0.255 e. The van der Waals surface area contributed by atoms with Gasteiger partial charge in [-0.25, -0.2) is 23.1 Å². The summed E-state index contributed by atoms with van der Waals surface area (Å²) >= 11 is 0. The summed E-state index contributed by atoms with van der Waals surface area (Å²) in [6, 6.07) is 7.94. The van der Waals surface area contributed by atoms with Crippen molar-refractivity contribution in [2.75, 3.05) is 11.1 Å². The van der Waals surface area contributed by atoms with Crippen molar-refractivity contribution in [1.82, 2.24) is 14.4 Å². The summed E-state index contributed by atoms with van der Waals surface area (Å²) < 4.78 is 42.9. The van der Waals surface area contributed by atoms with Crippen LogP contribution < -0.4 is 16.6 Å². The molecule has 0 aliphatic heterocycles. The van der Waals surface area contributed by atoms with E-state index in [1.807, 2.05) is 6.07 Å². The van der Waals surface area contributed by atoms with Crippen molar-refractivity contribution >= 4 is 17.2 Å². The van der Waals surface area contributed by atoms with Crippen LogP contribution in [0.4, 0.5) is 24.8 Å². The number of nitriles is 1. The number of nitrogens with one attached hydrogen (secondary N) is 1. The van der Waals surface area contributed by atoms with Crippen molar-refractivity contribution in [3.63, 3.8) is 0 Å². The fourth-order valence-corrected chi connectivity index (χ4v) is 3.54. The van der Waals surface area contributed by atoms with Gasteiger partial charge in [-0.15, -0.1) is 0 Å². The fraction of sp³-hybridized carbons (Fsp3) is 0.0909. The zero-order chi connectivity index (χ0) is 23.0. The van der Waals surface area contributed by atoms with Gasteiger partial charge in [-0.05, 0) is 42.3 Å². The van der Waals surface area contributed by atoms with E-state index in [0.717, 1.165) is 34.9 Å². The molecule has 4 rings (SSSR count). The number of nitrogen functional groups attached to an aromatic ring is 1. The molecule has 0 aliphatic rings. The van der Waals surface area contributed by atoms with Crippen molar-refractivity contribution in [2.45, 2.75) is 13.0 Å². The molecule has 0 aliphatic carbocycles. The molecule has 160 valence electrons. The lowest BCUT2D eigenvalue weighted by molar-refractivity contribution is 0.584. The van der Waals surface area contributed by atoms with E-state index in [0.29, 0.717) is 11.1 Å². The summed E-state index contributed by atoms with van der Waals surface area (Å²) in [5.41, 5.74) is 6.25. The van der Waals surface area contributed by atoms with Crippen molar-refractivity contribution in [3.8, 4) is 17.2 Å². The lowest BCUT2D eigenvalue weighted by atomic mass is 9.94. The number of nitrogens with zero attached hydrogens (tertiary/aromatic N) is 4. The molecule has 0 saturated carbocycles. The molecule has 7 nitrogen and oxygen atoms in total. The topological polar surface area (TPSA) is 109 Å². The largest absolute Gasteiger partial charge is 0.382 e. The van der Waals surface area contributed by atoms with Crippen LogP contribution in [0, 0.1) is 28.8 Å². The van der Waals surface area contributed by atoms with Crippen LogP contribution in [0.25, 0.3) is 16.6 Å². The Balaban J connectivity index is 1.97. The summed E-state index contributed by atoms with van der Waals surface area (Å²) in [5, 5.41) is 12.4. The van der Waals surface area contributed by atoms with Crippen molar-refractivity contribution < 1.29 is 13.2 Å². The minimum atomic E-state index is -0.812. The minimum Gasteiger partial charge on any atom is -0.382 e. The summed E-state index contributed by atoms with van der Waals surface area (Å²) in [6.07, 6.45) is 2.17. The van der Waals surface area contributed by atoms with Crippen LogP contribution in [0.15, 0.2) is 53.7 Å². The van der Waals surface area contributed by atoms with Gasteiger partial charge in [-0.2, -0.15) is 5.26 Å². The first-order valence-corrected chi connectivity index (χ1v) is 9.37. The van der Waals surface area contributed by atoms with E-state index in [1.165, 1.54) is 18.5 Å². The second-order valence-electron chi connectivity index (χ2n) is 7.03. The summed E-state index contributed by atoms with van der Waals surface area (Å²) in [4.78, 5) is 20.5. The molecule has 32 heavy (non-hydrogen) atoms. The summed E-state index contributed by atoms with van der Waals surface area (Å²) in [7, 11) is 0.